The van der Waals surface area contributed by atoms with E-state index >= 15 is 0 Å². The molecule has 0 aromatic carbocycles. The standard InChI is InChI=1S/C81H134O17P2/c1-5-9-13-17-21-25-29-32-35-37-40-42-46-49-53-57-61-65-78(83)91-71-76(97-80(85)67-63-59-55-51-45-28-24-20-16-12-8-4)73-95-99(87,88)93-69-75(82)70-94-100(89,90)96-74-77(98-81(86)68-64-60-56-52-48-44-39-34-31-27-23-19-15-11-7-3)72-92-79(84)66-62-58-54-50-47-43-41-38-36-33-30-26-22-18-14-10-6-2/h9-10,13-14,20-27,32-36,39-43,49,53,75-77,82H,5-8,11-12,15-19,28-31,37-38,44-48,50-52,54-74H2,1-4H3,(H,87,88)(H,89,90)/b13-9-,14-10-,24-20-,25-21-,26-22-,27-23-,35-32-,36-33-,39-34-,42-40-,43-41-,53-49-. The number of carbonyl (C=O) groups excluding carboxylic acids is 4. The molecule has 0 heterocycles. The molecule has 0 aromatic heterocycles. The van der Waals surface area contributed by atoms with Gasteiger partial charge in [0.1, 0.15) is 19.3 Å². The molecular weight excluding hydrogens is 1310 g/mol. The lowest BCUT2D eigenvalue weighted by atomic mass is 10.1. The molecule has 17 nitrogen and oxygen atoms in total. The van der Waals surface area contributed by atoms with Gasteiger partial charge in [-0.1, -0.05) is 251 Å². The second kappa shape index (κ2) is 72.3. The van der Waals surface area contributed by atoms with Gasteiger partial charge in [-0.25, -0.2) is 9.13 Å². The summed E-state index contributed by atoms with van der Waals surface area (Å²) in [5.74, 6) is -2.30. The summed E-state index contributed by atoms with van der Waals surface area (Å²) < 4.78 is 68.3. The van der Waals surface area contributed by atoms with Gasteiger partial charge in [-0.15, -0.1) is 0 Å². The Morgan fingerprint density at radius 1 is 0.290 bits per heavy atom. The number of phosphoric acid groups is 2. The molecule has 0 saturated heterocycles. The average Bonchev–Trinajstić information content (AvgIpc) is 0.989. The van der Waals surface area contributed by atoms with Crippen LogP contribution in [0.1, 0.15) is 285 Å². The van der Waals surface area contributed by atoms with Crippen molar-refractivity contribution in [2.45, 2.75) is 303 Å². The Balaban J connectivity index is 5.42. The lowest BCUT2D eigenvalue weighted by Crippen LogP contribution is -2.30. The van der Waals surface area contributed by atoms with Gasteiger partial charge in [0.15, 0.2) is 12.2 Å². The minimum Gasteiger partial charge on any atom is -0.462 e. The third-order valence-corrected chi connectivity index (χ3v) is 17.2. The second-order valence-electron chi connectivity index (χ2n) is 24.8. The van der Waals surface area contributed by atoms with E-state index in [1.54, 1.807) is 0 Å². The fourth-order valence-electron chi connectivity index (χ4n) is 9.49. The molecule has 19 heteroatoms. The van der Waals surface area contributed by atoms with Crippen LogP contribution >= 0.6 is 15.6 Å². The van der Waals surface area contributed by atoms with Crippen LogP contribution in [0.4, 0.5) is 0 Å². The molecule has 0 spiro atoms. The van der Waals surface area contributed by atoms with E-state index in [4.69, 9.17) is 37.0 Å². The number of aliphatic hydroxyl groups excluding tert-OH is 1. The Morgan fingerprint density at radius 3 is 0.880 bits per heavy atom. The van der Waals surface area contributed by atoms with Crippen molar-refractivity contribution in [2.75, 3.05) is 39.6 Å². The number of esters is 4. The first kappa shape index (κ1) is 94.9. The normalized spacial score (nSPS) is 14.8. The van der Waals surface area contributed by atoms with Crippen LogP contribution in [0.2, 0.25) is 0 Å². The molecule has 0 saturated carbocycles. The first-order valence-electron chi connectivity index (χ1n) is 38.1. The predicted molar refractivity (Wildman–Crippen MR) is 408 cm³/mol. The summed E-state index contributed by atoms with van der Waals surface area (Å²) in [6.07, 6.45) is 81.3. The van der Waals surface area contributed by atoms with Crippen LogP contribution < -0.4 is 0 Å². The number of allylic oxidation sites excluding steroid dienone is 24. The fourth-order valence-corrected chi connectivity index (χ4v) is 11.1. The smallest absolute Gasteiger partial charge is 0.462 e. The van der Waals surface area contributed by atoms with E-state index in [1.807, 2.05) is 12.2 Å². The zero-order valence-corrected chi connectivity index (χ0v) is 63.9. The molecule has 0 rings (SSSR count). The summed E-state index contributed by atoms with van der Waals surface area (Å²) in [6.45, 7) is 4.44. The molecule has 5 unspecified atom stereocenters. The molecule has 0 fully saturated rings. The van der Waals surface area contributed by atoms with Crippen LogP contribution in [-0.2, 0) is 65.4 Å². The third kappa shape index (κ3) is 71.3. The van der Waals surface area contributed by atoms with Crippen molar-refractivity contribution in [3.8, 4) is 0 Å². The minimum absolute atomic E-state index is 0.0675. The van der Waals surface area contributed by atoms with Gasteiger partial charge >= 0.3 is 39.5 Å². The highest BCUT2D eigenvalue weighted by atomic mass is 31.2. The van der Waals surface area contributed by atoms with Gasteiger partial charge in [0.2, 0.25) is 0 Å². The Kier molecular flexibility index (Phi) is 68.6. The molecule has 0 aliphatic rings. The number of aliphatic hydroxyl groups is 1. The van der Waals surface area contributed by atoms with Gasteiger partial charge in [-0.2, -0.15) is 0 Å². The van der Waals surface area contributed by atoms with Crippen LogP contribution in [0.15, 0.2) is 146 Å². The Morgan fingerprint density at radius 2 is 0.540 bits per heavy atom. The van der Waals surface area contributed by atoms with Gasteiger partial charge in [-0.3, -0.25) is 37.3 Å². The largest absolute Gasteiger partial charge is 0.472 e. The maximum atomic E-state index is 13.1. The van der Waals surface area contributed by atoms with Gasteiger partial charge in [0, 0.05) is 25.7 Å². The van der Waals surface area contributed by atoms with Crippen molar-refractivity contribution in [1.82, 2.24) is 0 Å². The van der Waals surface area contributed by atoms with Gasteiger partial charge < -0.3 is 33.8 Å². The first-order valence-corrected chi connectivity index (χ1v) is 41.1. The van der Waals surface area contributed by atoms with Crippen molar-refractivity contribution < 1.29 is 80.2 Å². The van der Waals surface area contributed by atoms with E-state index in [0.29, 0.717) is 32.1 Å². The van der Waals surface area contributed by atoms with Crippen molar-refractivity contribution in [3.63, 3.8) is 0 Å². The molecule has 0 aliphatic carbocycles. The van der Waals surface area contributed by atoms with E-state index in [0.717, 1.165) is 167 Å². The summed E-state index contributed by atoms with van der Waals surface area (Å²) in [6, 6.07) is 0. The number of ether oxygens (including phenoxy) is 4. The monoisotopic (exact) mass is 1440 g/mol. The topological polar surface area (TPSA) is 237 Å². The highest BCUT2D eigenvalue weighted by Gasteiger charge is 2.30. The first-order chi connectivity index (χ1) is 48.7. The van der Waals surface area contributed by atoms with Crippen LogP contribution in [0.25, 0.3) is 0 Å². The SMILES string of the molecule is CC/C=C\C/C=C\C/C=C\C/C=C\C/C=C\CCCC(=O)OCC(COP(=O)(O)OCC(O)COP(=O)(O)OCC(COC(=O)CCCCCC/C=C\C/C=C\C/C=C\C/C=C\CC)OC(=O)CCCCCCC/C=C\C/C=C\CCCCC)OC(=O)CCCCCCC/C=C\CCCC. The Labute approximate surface area is 605 Å². The molecule has 5 atom stereocenters. The Bertz CT molecular complexity index is 2470. The van der Waals surface area contributed by atoms with Crippen LogP contribution in [0, 0.1) is 0 Å². The van der Waals surface area contributed by atoms with Crippen molar-refractivity contribution in [3.05, 3.63) is 146 Å². The molecule has 570 valence electrons. The number of rotatable bonds is 70. The molecule has 3 N–H and O–H groups in total. The second-order valence-corrected chi connectivity index (χ2v) is 27.7. The number of phosphoric ester groups is 2. The quantitative estimate of drug-likeness (QED) is 0.0169. The van der Waals surface area contributed by atoms with Crippen molar-refractivity contribution >= 4 is 39.5 Å². The summed E-state index contributed by atoms with van der Waals surface area (Å²) >= 11 is 0. The number of hydrogen-bond donors (Lipinski definition) is 3. The van der Waals surface area contributed by atoms with Crippen LogP contribution in [-0.4, -0.2) is 96.7 Å². The highest BCUT2D eigenvalue weighted by Crippen LogP contribution is 2.45. The zero-order chi connectivity index (χ0) is 73.2. The van der Waals surface area contributed by atoms with E-state index in [-0.39, 0.29) is 25.7 Å². The predicted octanol–water partition coefficient (Wildman–Crippen LogP) is 21.9. The molecule has 0 aliphatic heterocycles. The minimum atomic E-state index is -4.99. The molecule has 0 bridgehead atoms. The highest BCUT2D eigenvalue weighted by molar-refractivity contribution is 7.47. The maximum Gasteiger partial charge on any atom is 0.472 e. The summed E-state index contributed by atoms with van der Waals surface area (Å²) in [4.78, 5) is 72.8. The molecule has 0 radical (unpaired) electrons. The lowest BCUT2D eigenvalue weighted by molar-refractivity contribution is -0.161. The van der Waals surface area contributed by atoms with Gasteiger partial charge in [0.05, 0.1) is 26.4 Å². The summed E-state index contributed by atoms with van der Waals surface area (Å²) in [7, 11) is -9.98. The molecular formula is C81H134O17P2. The molecule has 0 amide bonds. The van der Waals surface area contributed by atoms with Crippen molar-refractivity contribution in [1.29, 1.82) is 0 Å². The zero-order valence-electron chi connectivity index (χ0n) is 62.1. The van der Waals surface area contributed by atoms with Gasteiger partial charge in [-0.05, 0) is 154 Å². The number of unbranched alkanes of at least 4 members (excludes halogenated alkanes) is 20. The average molecular weight is 1440 g/mol. The van der Waals surface area contributed by atoms with Crippen LogP contribution in [0.3, 0.4) is 0 Å². The van der Waals surface area contributed by atoms with Crippen LogP contribution in [0.5, 0.6) is 0 Å². The summed E-state index contributed by atoms with van der Waals surface area (Å²) in [5.41, 5.74) is 0. The van der Waals surface area contributed by atoms with Gasteiger partial charge in [0.25, 0.3) is 0 Å². The lowest BCUT2D eigenvalue weighted by Gasteiger charge is -2.21. The summed E-state index contributed by atoms with van der Waals surface area (Å²) in [5, 5.41) is 10.6. The molecule has 0 aromatic rings. The maximum absolute atomic E-state index is 13.1. The Hall–Kier alpha value is -5.06. The third-order valence-electron chi connectivity index (χ3n) is 15.3. The van der Waals surface area contributed by atoms with Crippen molar-refractivity contribution in [2.24, 2.45) is 0 Å². The van der Waals surface area contributed by atoms with E-state index in [9.17, 15) is 43.2 Å². The fraction of sp³-hybridized carbons (Fsp3) is 0.654. The number of hydrogen-bond acceptors (Lipinski definition) is 15. The number of carbonyl (C=O) groups is 4. The van der Waals surface area contributed by atoms with E-state index in [1.165, 1.54) is 32.1 Å². The molecule has 100 heavy (non-hydrogen) atoms. The van der Waals surface area contributed by atoms with E-state index < -0.39 is 97.5 Å². The van der Waals surface area contributed by atoms with E-state index in [2.05, 4.69) is 161 Å².